The Labute approximate surface area is 337 Å². The monoisotopic (exact) mass is 798 g/mol. The molecule has 0 bridgehead atoms. The Hall–Kier alpha value is -4.67. The largest absolute Gasteiger partial charge is 0.497 e. The zero-order valence-electron chi connectivity index (χ0n) is 34.4. The van der Waals surface area contributed by atoms with Gasteiger partial charge in [0.05, 0.1) is 52.4 Å². The molecule has 0 N–H and O–H groups in total. The van der Waals surface area contributed by atoms with Crippen LogP contribution in [0.3, 0.4) is 0 Å². The number of hydrogen-bond acceptors (Lipinski definition) is 11. The van der Waals surface area contributed by atoms with Crippen LogP contribution in [0.15, 0.2) is 94.8 Å². The van der Waals surface area contributed by atoms with Crippen LogP contribution in [0, 0.1) is 18.3 Å². The summed E-state index contributed by atoms with van der Waals surface area (Å²) in [5, 5.41) is 9.38. The Morgan fingerprint density at radius 3 is 2.07 bits per heavy atom. The van der Waals surface area contributed by atoms with Gasteiger partial charge in [-0.15, -0.1) is 0 Å². The fraction of sp³-hybridized carbons (Fsp3) is 0.442. The van der Waals surface area contributed by atoms with Gasteiger partial charge in [0.1, 0.15) is 29.4 Å². The van der Waals surface area contributed by atoms with Crippen molar-refractivity contribution in [3.05, 3.63) is 118 Å². The van der Waals surface area contributed by atoms with Crippen LogP contribution >= 0.6 is 8.53 Å². The summed E-state index contributed by atoms with van der Waals surface area (Å²) in [6, 6.07) is 28.2. The molecule has 4 atom stereocenters. The lowest BCUT2D eigenvalue weighted by molar-refractivity contribution is -0.0917. The fourth-order valence-electron chi connectivity index (χ4n) is 6.86. The average molecular weight is 799 g/mol. The van der Waals surface area contributed by atoms with Gasteiger partial charge in [0, 0.05) is 44.4 Å². The summed E-state index contributed by atoms with van der Waals surface area (Å²) in [5.41, 5.74) is 1.63. The quantitative estimate of drug-likeness (QED) is 0.0303. The summed E-state index contributed by atoms with van der Waals surface area (Å²) in [5.74, 6) is 1.64. The first kappa shape index (κ1) is 43.5. The number of methoxy groups -OCH3 is 2. The molecule has 1 saturated heterocycles. The van der Waals surface area contributed by atoms with Gasteiger partial charge in [-0.3, -0.25) is 9.36 Å². The van der Waals surface area contributed by atoms with Crippen LogP contribution < -0.4 is 15.0 Å². The van der Waals surface area contributed by atoms with Crippen molar-refractivity contribution in [2.24, 2.45) is 4.99 Å². The number of aromatic nitrogens is 2. The SMILES string of the molecule is COc1ccc(C(OC[C@H]2O[C@@H](n3cc(C)c(=O)nc3/N=C\N(C)C)C[C@@H]2OP(OCCC#N)N(C(C)C)C(C)C)(c2ccccc2)c2ccc(OC)cc2)cc1. The third-order valence-corrected chi connectivity index (χ3v) is 11.7. The molecule has 0 amide bonds. The number of aliphatic imine (C=N–C) groups is 1. The molecule has 57 heavy (non-hydrogen) atoms. The molecule has 1 fully saturated rings. The maximum Gasteiger partial charge on any atom is 0.277 e. The molecule has 14 heteroatoms. The highest BCUT2D eigenvalue weighted by molar-refractivity contribution is 7.44. The zero-order chi connectivity index (χ0) is 41.1. The lowest BCUT2D eigenvalue weighted by Gasteiger charge is -2.39. The number of benzene rings is 3. The van der Waals surface area contributed by atoms with Crippen molar-refractivity contribution in [3.63, 3.8) is 0 Å². The van der Waals surface area contributed by atoms with Crippen molar-refractivity contribution in [1.29, 1.82) is 5.26 Å². The van der Waals surface area contributed by atoms with E-state index >= 15 is 0 Å². The maximum atomic E-state index is 12.8. The van der Waals surface area contributed by atoms with Crippen LogP contribution in [0.1, 0.15) is 69.0 Å². The lowest BCUT2D eigenvalue weighted by atomic mass is 9.80. The summed E-state index contributed by atoms with van der Waals surface area (Å²) in [4.78, 5) is 23.4. The molecular formula is C43H55N6O7P. The number of ether oxygens (including phenoxy) is 4. The van der Waals surface area contributed by atoms with Gasteiger partial charge in [0.15, 0.2) is 0 Å². The van der Waals surface area contributed by atoms with Crippen LogP contribution in [0.2, 0.25) is 0 Å². The Balaban J connectivity index is 1.63. The van der Waals surface area contributed by atoms with Crippen LogP contribution in [0.25, 0.3) is 0 Å². The second-order valence-electron chi connectivity index (χ2n) is 14.5. The second-order valence-corrected chi connectivity index (χ2v) is 15.9. The minimum Gasteiger partial charge on any atom is -0.497 e. The molecule has 0 saturated carbocycles. The van der Waals surface area contributed by atoms with Gasteiger partial charge in [-0.25, -0.2) is 9.66 Å². The molecule has 0 aliphatic carbocycles. The molecule has 2 heterocycles. The van der Waals surface area contributed by atoms with E-state index in [4.69, 9.17) is 28.0 Å². The highest BCUT2D eigenvalue weighted by Gasteiger charge is 2.45. The van der Waals surface area contributed by atoms with E-state index in [0.717, 1.165) is 16.7 Å². The molecular weight excluding hydrogens is 743 g/mol. The summed E-state index contributed by atoms with van der Waals surface area (Å²) in [7, 11) is 5.33. The summed E-state index contributed by atoms with van der Waals surface area (Å²) >= 11 is 0. The van der Waals surface area contributed by atoms with Crippen LogP contribution in [0.5, 0.6) is 11.5 Å². The van der Waals surface area contributed by atoms with Gasteiger partial charge in [-0.05, 0) is 75.6 Å². The first-order chi connectivity index (χ1) is 27.4. The molecule has 0 radical (unpaired) electrons. The van der Waals surface area contributed by atoms with Gasteiger partial charge in [0.2, 0.25) is 5.95 Å². The Morgan fingerprint density at radius 1 is 0.965 bits per heavy atom. The first-order valence-electron chi connectivity index (χ1n) is 19.1. The summed E-state index contributed by atoms with van der Waals surface area (Å²) in [6.45, 7) is 10.4. The lowest BCUT2D eigenvalue weighted by Crippen LogP contribution is -2.39. The molecule has 0 spiro atoms. The highest BCUT2D eigenvalue weighted by atomic mass is 31.2. The van der Waals surface area contributed by atoms with Gasteiger partial charge in [0.25, 0.3) is 14.1 Å². The predicted molar refractivity (Wildman–Crippen MR) is 222 cm³/mol. The third kappa shape index (κ3) is 10.4. The molecule has 304 valence electrons. The molecule has 1 aliphatic heterocycles. The van der Waals surface area contributed by atoms with E-state index in [2.05, 4.69) is 60.5 Å². The van der Waals surface area contributed by atoms with E-state index in [0.29, 0.717) is 23.5 Å². The molecule has 13 nitrogen and oxygen atoms in total. The summed E-state index contributed by atoms with van der Waals surface area (Å²) in [6.07, 6.45) is 2.12. The fourth-order valence-corrected chi connectivity index (χ4v) is 8.61. The molecule has 3 aromatic carbocycles. The maximum absolute atomic E-state index is 12.8. The number of nitrogens with zero attached hydrogens (tertiary/aromatic N) is 6. The van der Waals surface area contributed by atoms with Crippen molar-refractivity contribution < 1.29 is 28.0 Å². The molecule has 4 aromatic rings. The van der Waals surface area contributed by atoms with E-state index in [1.807, 2.05) is 80.8 Å². The Kier molecular flexibility index (Phi) is 15.4. The highest BCUT2D eigenvalue weighted by Crippen LogP contribution is 2.51. The minimum absolute atomic E-state index is 0.0830. The van der Waals surface area contributed by atoms with E-state index < -0.39 is 32.6 Å². The Morgan fingerprint density at radius 2 is 1.54 bits per heavy atom. The van der Waals surface area contributed by atoms with Gasteiger partial charge in [-0.2, -0.15) is 10.2 Å². The van der Waals surface area contributed by atoms with Crippen molar-refractivity contribution in [2.45, 2.75) is 83.6 Å². The van der Waals surface area contributed by atoms with E-state index in [1.165, 1.54) is 0 Å². The first-order valence-corrected chi connectivity index (χ1v) is 20.2. The van der Waals surface area contributed by atoms with Crippen molar-refractivity contribution in [2.75, 3.05) is 41.5 Å². The van der Waals surface area contributed by atoms with Crippen molar-refractivity contribution >= 4 is 20.8 Å². The summed E-state index contributed by atoms with van der Waals surface area (Å²) < 4.78 is 42.7. The number of nitriles is 1. The molecule has 1 aliphatic rings. The molecule has 1 aromatic heterocycles. The van der Waals surface area contributed by atoms with Crippen LogP contribution in [-0.2, 0) is 24.1 Å². The van der Waals surface area contributed by atoms with E-state index in [9.17, 15) is 10.1 Å². The normalized spacial score (nSPS) is 17.7. The average Bonchev–Trinajstić information content (AvgIpc) is 3.60. The third-order valence-electron chi connectivity index (χ3n) is 9.52. The number of aryl methyl sites for hydroxylation is 1. The van der Waals surface area contributed by atoms with E-state index in [-0.39, 0.29) is 43.2 Å². The van der Waals surface area contributed by atoms with Crippen LogP contribution in [-0.4, -0.2) is 91.3 Å². The smallest absolute Gasteiger partial charge is 0.277 e. The number of rotatable bonds is 19. The van der Waals surface area contributed by atoms with Crippen molar-refractivity contribution in [1.82, 2.24) is 19.1 Å². The minimum atomic E-state index is -1.65. The zero-order valence-corrected chi connectivity index (χ0v) is 35.3. The van der Waals surface area contributed by atoms with E-state index in [1.54, 1.807) is 43.1 Å². The molecule has 1 unspecified atom stereocenters. The Bertz CT molecular complexity index is 1950. The van der Waals surface area contributed by atoms with Gasteiger partial charge in [-0.1, -0.05) is 54.6 Å². The van der Waals surface area contributed by atoms with Crippen molar-refractivity contribution in [3.8, 4) is 17.6 Å². The molecule has 5 rings (SSSR count). The second kappa shape index (κ2) is 20.1. The predicted octanol–water partition coefficient (Wildman–Crippen LogP) is 7.75. The number of hydrogen-bond donors (Lipinski definition) is 0. The van der Waals surface area contributed by atoms with Crippen LogP contribution in [0.4, 0.5) is 5.95 Å². The standard InChI is InChI=1S/C43H55N6O7P/c1-30(2)49(31(3)4)57(54-25-13-24-44)56-38-26-40(48-27-32(5)41(50)46-42(48)45-29-47(6)7)55-39(38)28-53-43(33-14-11-10-12-15-33,34-16-20-36(51-8)21-17-34)35-18-22-37(52-9)23-19-35/h10-12,14-23,27,29-31,38-40H,13,25-26,28H2,1-9H3/b45-29-/t38-,39+,40+,57?/m0/s1. The topological polar surface area (TPSA) is 133 Å². The van der Waals surface area contributed by atoms with Gasteiger partial charge < -0.3 is 32.9 Å². The van der Waals surface area contributed by atoms with Gasteiger partial charge >= 0.3 is 0 Å².